The van der Waals surface area contributed by atoms with Crippen LogP contribution in [-0.4, -0.2) is 32.8 Å². The monoisotopic (exact) mass is 499 g/mol. The minimum absolute atomic E-state index is 0. The van der Waals surface area contributed by atoms with Crippen LogP contribution in [0, 0.1) is 0 Å². The summed E-state index contributed by atoms with van der Waals surface area (Å²) >= 11 is 0. The fourth-order valence-corrected chi connectivity index (χ4v) is 2.55. The van der Waals surface area contributed by atoms with Gasteiger partial charge in [0.05, 0.1) is 26.9 Å². The molecule has 0 bridgehead atoms. The van der Waals surface area contributed by atoms with Crippen molar-refractivity contribution in [3.8, 4) is 17.2 Å². The molecule has 0 unspecified atom stereocenters. The lowest BCUT2D eigenvalue weighted by Gasteiger charge is -2.11. The first-order valence-electron chi connectivity index (χ1n) is 9.02. The van der Waals surface area contributed by atoms with Gasteiger partial charge in [-0.3, -0.25) is 0 Å². The van der Waals surface area contributed by atoms with Crippen LogP contribution in [0.3, 0.4) is 0 Å². The number of guanidine groups is 1. The Balaban J connectivity index is 0.00000392. The molecule has 0 fully saturated rings. The summed E-state index contributed by atoms with van der Waals surface area (Å²) in [5, 5.41) is 3.14. The van der Waals surface area contributed by atoms with E-state index in [1.54, 1.807) is 14.2 Å². The SMILES string of the molecule is COc1ccc(CCNC(N)=NCc2ccc(OC(C)C)cc2)cc1OC.I. The van der Waals surface area contributed by atoms with Crippen LogP contribution in [0.1, 0.15) is 25.0 Å². The van der Waals surface area contributed by atoms with E-state index in [1.807, 2.05) is 56.3 Å². The maximum atomic E-state index is 5.95. The Bertz CT molecular complexity index is 749. The summed E-state index contributed by atoms with van der Waals surface area (Å²) in [6, 6.07) is 13.8. The Hall–Kier alpha value is -2.16. The summed E-state index contributed by atoms with van der Waals surface area (Å²) in [5.74, 6) is 2.73. The van der Waals surface area contributed by atoms with Crippen LogP contribution in [0.25, 0.3) is 0 Å². The predicted molar refractivity (Wildman–Crippen MR) is 124 cm³/mol. The van der Waals surface area contributed by atoms with Crippen molar-refractivity contribution < 1.29 is 14.2 Å². The topological polar surface area (TPSA) is 78.1 Å². The molecule has 154 valence electrons. The Morgan fingerprint density at radius 3 is 2.25 bits per heavy atom. The number of rotatable bonds is 9. The number of aliphatic imine (C=N–C) groups is 1. The third-order valence-corrected chi connectivity index (χ3v) is 3.89. The molecule has 0 atom stereocenters. The van der Waals surface area contributed by atoms with Crippen molar-refractivity contribution in [2.75, 3.05) is 20.8 Å². The number of benzene rings is 2. The fourth-order valence-electron chi connectivity index (χ4n) is 2.55. The maximum absolute atomic E-state index is 5.95. The number of halogens is 1. The molecule has 2 rings (SSSR count). The van der Waals surface area contributed by atoms with Crippen LogP contribution in [-0.2, 0) is 13.0 Å². The number of ether oxygens (including phenoxy) is 3. The van der Waals surface area contributed by atoms with E-state index in [-0.39, 0.29) is 30.1 Å². The van der Waals surface area contributed by atoms with Crippen molar-refractivity contribution >= 4 is 29.9 Å². The van der Waals surface area contributed by atoms with E-state index < -0.39 is 0 Å². The molecule has 0 saturated heterocycles. The van der Waals surface area contributed by atoms with Crippen molar-refractivity contribution in [1.29, 1.82) is 0 Å². The van der Waals surface area contributed by atoms with E-state index in [0.29, 0.717) is 19.0 Å². The molecule has 0 heterocycles. The van der Waals surface area contributed by atoms with Crippen molar-refractivity contribution in [1.82, 2.24) is 5.32 Å². The zero-order valence-corrected chi connectivity index (χ0v) is 19.2. The molecule has 28 heavy (non-hydrogen) atoms. The number of nitrogens with zero attached hydrogens (tertiary/aromatic N) is 1. The van der Waals surface area contributed by atoms with Crippen LogP contribution < -0.4 is 25.3 Å². The Morgan fingerprint density at radius 1 is 1.00 bits per heavy atom. The Kier molecular flexibility index (Phi) is 10.5. The highest BCUT2D eigenvalue weighted by atomic mass is 127. The fraction of sp³-hybridized carbons (Fsp3) is 0.381. The Morgan fingerprint density at radius 2 is 1.64 bits per heavy atom. The van der Waals surface area contributed by atoms with Crippen LogP contribution in [0.4, 0.5) is 0 Å². The van der Waals surface area contributed by atoms with E-state index in [9.17, 15) is 0 Å². The summed E-state index contributed by atoms with van der Waals surface area (Å²) in [6.45, 7) is 5.22. The van der Waals surface area contributed by atoms with Crippen LogP contribution >= 0.6 is 24.0 Å². The van der Waals surface area contributed by atoms with Gasteiger partial charge in [-0.15, -0.1) is 24.0 Å². The van der Waals surface area contributed by atoms with E-state index in [2.05, 4.69) is 10.3 Å². The van der Waals surface area contributed by atoms with Gasteiger partial charge in [0.25, 0.3) is 0 Å². The molecule has 2 aromatic rings. The average molecular weight is 499 g/mol. The number of nitrogens with one attached hydrogen (secondary N) is 1. The molecule has 0 aliphatic rings. The van der Waals surface area contributed by atoms with Gasteiger partial charge in [0, 0.05) is 6.54 Å². The second-order valence-corrected chi connectivity index (χ2v) is 6.38. The predicted octanol–water partition coefficient (Wildman–Crippen LogP) is 3.76. The first-order valence-corrected chi connectivity index (χ1v) is 9.02. The lowest BCUT2D eigenvalue weighted by molar-refractivity contribution is 0.242. The summed E-state index contributed by atoms with van der Waals surface area (Å²) in [5.41, 5.74) is 8.17. The molecule has 0 radical (unpaired) electrons. The first kappa shape index (κ1) is 23.9. The molecule has 2 aromatic carbocycles. The van der Waals surface area contributed by atoms with Crippen LogP contribution in [0.15, 0.2) is 47.5 Å². The molecule has 0 amide bonds. The molecule has 0 aromatic heterocycles. The first-order chi connectivity index (χ1) is 13.0. The lowest BCUT2D eigenvalue weighted by Crippen LogP contribution is -2.33. The molecule has 7 heteroatoms. The van der Waals surface area contributed by atoms with E-state index in [4.69, 9.17) is 19.9 Å². The van der Waals surface area contributed by atoms with Crippen molar-refractivity contribution in [3.63, 3.8) is 0 Å². The van der Waals surface area contributed by atoms with Crippen molar-refractivity contribution in [2.45, 2.75) is 32.9 Å². The van der Waals surface area contributed by atoms with Crippen LogP contribution in [0.5, 0.6) is 17.2 Å². The molecular formula is C21H30IN3O3. The van der Waals surface area contributed by atoms with Crippen molar-refractivity contribution in [3.05, 3.63) is 53.6 Å². The minimum Gasteiger partial charge on any atom is -0.493 e. The third kappa shape index (κ3) is 7.84. The summed E-state index contributed by atoms with van der Waals surface area (Å²) < 4.78 is 16.2. The van der Waals surface area contributed by atoms with Gasteiger partial charge in [-0.2, -0.15) is 0 Å². The highest BCUT2D eigenvalue weighted by Crippen LogP contribution is 2.27. The summed E-state index contributed by atoms with van der Waals surface area (Å²) in [4.78, 5) is 4.38. The zero-order valence-electron chi connectivity index (χ0n) is 16.9. The molecule has 6 nitrogen and oxygen atoms in total. The van der Waals surface area contributed by atoms with Crippen LogP contribution in [0.2, 0.25) is 0 Å². The second kappa shape index (κ2) is 12.3. The van der Waals surface area contributed by atoms with Gasteiger partial charge < -0.3 is 25.3 Å². The van der Waals surface area contributed by atoms with E-state index in [0.717, 1.165) is 34.8 Å². The van der Waals surface area contributed by atoms with Gasteiger partial charge in [-0.25, -0.2) is 4.99 Å². The number of methoxy groups -OCH3 is 2. The zero-order chi connectivity index (χ0) is 19.6. The molecule has 0 aliphatic heterocycles. The number of hydrogen-bond acceptors (Lipinski definition) is 4. The number of nitrogens with two attached hydrogens (primary N) is 1. The molecule has 3 N–H and O–H groups in total. The Labute approximate surface area is 184 Å². The maximum Gasteiger partial charge on any atom is 0.188 e. The quantitative estimate of drug-likeness (QED) is 0.312. The van der Waals surface area contributed by atoms with Gasteiger partial charge >= 0.3 is 0 Å². The number of hydrogen-bond donors (Lipinski definition) is 2. The molecule has 0 saturated carbocycles. The second-order valence-electron chi connectivity index (χ2n) is 6.38. The highest BCUT2D eigenvalue weighted by molar-refractivity contribution is 14.0. The summed E-state index contributed by atoms with van der Waals surface area (Å²) in [7, 11) is 3.26. The smallest absolute Gasteiger partial charge is 0.188 e. The van der Waals surface area contributed by atoms with Gasteiger partial charge in [0.1, 0.15) is 5.75 Å². The van der Waals surface area contributed by atoms with Crippen molar-refractivity contribution in [2.24, 2.45) is 10.7 Å². The highest BCUT2D eigenvalue weighted by Gasteiger charge is 2.04. The average Bonchev–Trinajstić information content (AvgIpc) is 2.67. The molecule has 0 aliphatic carbocycles. The molecule has 0 spiro atoms. The largest absolute Gasteiger partial charge is 0.493 e. The lowest BCUT2D eigenvalue weighted by atomic mass is 10.1. The summed E-state index contributed by atoms with van der Waals surface area (Å²) in [6.07, 6.45) is 0.969. The van der Waals surface area contributed by atoms with E-state index in [1.165, 1.54) is 0 Å². The van der Waals surface area contributed by atoms with Gasteiger partial charge in [-0.1, -0.05) is 18.2 Å². The standard InChI is InChI=1S/C21H29N3O3.HI/c1-15(2)27-18-8-5-17(6-9-18)14-24-21(22)23-12-11-16-7-10-19(25-3)20(13-16)26-4;/h5-10,13,15H,11-12,14H2,1-4H3,(H3,22,23,24);1H. The minimum atomic E-state index is 0. The third-order valence-electron chi connectivity index (χ3n) is 3.89. The van der Waals surface area contributed by atoms with E-state index >= 15 is 0 Å². The van der Waals surface area contributed by atoms with Gasteiger partial charge in [0.15, 0.2) is 17.5 Å². The van der Waals surface area contributed by atoms with Gasteiger partial charge in [-0.05, 0) is 55.7 Å². The normalized spacial score (nSPS) is 11.0. The van der Waals surface area contributed by atoms with Gasteiger partial charge in [0.2, 0.25) is 0 Å². The molecular weight excluding hydrogens is 469 g/mol.